The zero-order valence-electron chi connectivity index (χ0n) is 9.22. The van der Waals surface area contributed by atoms with E-state index < -0.39 is 5.97 Å². The lowest BCUT2D eigenvalue weighted by Gasteiger charge is -2.15. The van der Waals surface area contributed by atoms with Crippen molar-refractivity contribution in [3.05, 3.63) is 23.9 Å². The van der Waals surface area contributed by atoms with Gasteiger partial charge in [0.15, 0.2) is 0 Å². The number of pyridine rings is 1. The van der Waals surface area contributed by atoms with Crippen LogP contribution >= 0.6 is 0 Å². The summed E-state index contributed by atoms with van der Waals surface area (Å²) in [6, 6.07) is 2.71. The Morgan fingerprint density at radius 1 is 1.29 bits per heavy atom. The second-order valence-corrected chi connectivity index (χ2v) is 3.86. The second kappa shape index (κ2) is 4.82. The van der Waals surface area contributed by atoms with E-state index in [-0.39, 0.29) is 11.6 Å². The molecule has 2 heterocycles. The molecule has 0 saturated carbocycles. The van der Waals surface area contributed by atoms with E-state index in [0.29, 0.717) is 5.82 Å². The molecule has 90 valence electrons. The Morgan fingerprint density at radius 3 is 2.53 bits per heavy atom. The molecule has 1 aliphatic rings. The van der Waals surface area contributed by atoms with Crippen molar-refractivity contribution in [2.75, 3.05) is 18.4 Å². The van der Waals surface area contributed by atoms with Gasteiger partial charge in [-0.15, -0.1) is 0 Å². The number of carbonyl (C=O) groups excluding carboxylic acids is 1. The largest absolute Gasteiger partial charge is 0.478 e. The van der Waals surface area contributed by atoms with Crippen molar-refractivity contribution in [2.45, 2.75) is 12.8 Å². The van der Waals surface area contributed by atoms with Crippen LogP contribution in [0.4, 0.5) is 10.6 Å². The first-order valence-electron chi connectivity index (χ1n) is 5.42. The van der Waals surface area contributed by atoms with Crippen LogP contribution in [0.5, 0.6) is 0 Å². The van der Waals surface area contributed by atoms with Crippen molar-refractivity contribution in [2.24, 2.45) is 0 Å². The maximum atomic E-state index is 11.7. The van der Waals surface area contributed by atoms with Crippen molar-refractivity contribution >= 4 is 17.8 Å². The number of carboxylic acids is 1. The van der Waals surface area contributed by atoms with Gasteiger partial charge >= 0.3 is 12.0 Å². The van der Waals surface area contributed by atoms with Gasteiger partial charge < -0.3 is 10.0 Å². The Bertz CT molecular complexity index is 424. The van der Waals surface area contributed by atoms with E-state index in [9.17, 15) is 9.59 Å². The zero-order valence-corrected chi connectivity index (χ0v) is 9.22. The monoisotopic (exact) mass is 235 g/mol. The summed E-state index contributed by atoms with van der Waals surface area (Å²) in [7, 11) is 0. The third-order valence-corrected chi connectivity index (χ3v) is 2.64. The SMILES string of the molecule is O=C(O)c1ccc(NC(=O)N2CCCC2)nc1. The molecule has 2 N–H and O–H groups in total. The summed E-state index contributed by atoms with van der Waals surface area (Å²) < 4.78 is 0. The summed E-state index contributed by atoms with van der Waals surface area (Å²) in [4.78, 5) is 27.9. The van der Waals surface area contributed by atoms with E-state index in [1.807, 2.05) is 0 Å². The molecule has 0 spiro atoms. The van der Waals surface area contributed by atoms with E-state index >= 15 is 0 Å². The minimum Gasteiger partial charge on any atom is -0.478 e. The molecule has 2 amide bonds. The molecule has 0 unspecified atom stereocenters. The number of amides is 2. The lowest BCUT2D eigenvalue weighted by molar-refractivity contribution is 0.0696. The third-order valence-electron chi connectivity index (χ3n) is 2.64. The fourth-order valence-electron chi connectivity index (χ4n) is 1.70. The van der Waals surface area contributed by atoms with Crippen LogP contribution in [-0.4, -0.2) is 40.1 Å². The summed E-state index contributed by atoms with van der Waals surface area (Å²) in [5.41, 5.74) is 0.101. The van der Waals surface area contributed by atoms with Crippen molar-refractivity contribution < 1.29 is 14.7 Å². The van der Waals surface area contributed by atoms with Crippen LogP contribution in [0.3, 0.4) is 0 Å². The number of anilines is 1. The number of aromatic nitrogens is 1. The standard InChI is InChI=1S/C11H13N3O3/c15-10(16)8-3-4-9(12-7-8)13-11(17)14-5-1-2-6-14/h3-4,7H,1-2,5-6H2,(H,15,16)(H,12,13,17). The Hall–Kier alpha value is -2.11. The molecule has 0 radical (unpaired) electrons. The van der Waals surface area contributed by atoms with E-state index in [4.69, 9.17) is 5.11 Å². The van der Waals surface area contributed by atoms with Gasteiger partial charge in [-0.2, -0.15) is 0 Å². The van der Waals surface area contributed by atoms with Gasteiger partial charge in [-0.3, -0.25) is 5.32 Å². The maximum Gasteiger partial charge on any atom is 0.337 e. The van der Waals surface area contributed by atoms with Gasteiger partial charge in [0.1, 0.15) is 5.82 Å². The molecule has 17 heavy (non-hydrogen) atoms. The molecule has 1 saturated heterocycles. The van der Waals surface area contributed by atoms with Gasteiger partial charge in [-0.25, -0.2) is 14.6 Å². The first-order chi connectivity index (χ1) is 8.16. The molecular formula is C11H13N3O3. The highest BCUT2D eigenvalue weighted by molar-refractivity contribution is 5.90. The Balaban J connectivity index is 1.98. The summed E-state index contributed by atoms with van der Waals surface area (Å²) in [5, 5.41) is 11.3. The van der Waals surface area contributed by atoms with E-state index in [0.717, 1.165) is 25.9 Å². The number of rotatable bonds is 2. The van der Waals surface area contributed by atoms with Crippen LogP contribution in [0.1, 0.15) is 23.2 Å². The highest BCUT2D eigenvalue weighted by Gasteiger charge is 2.18. The van der Waals surface area contributed by atoms with Crippen LogP contribution in [0.15, 0.2) is 18.3 Å². The molecule has 0 aliphatic carbocycles. The first kappa shape index (κ1) is 11.4. The summed E-state index contributed by atoms with van der Waals surface area (Å²) in [5.74, 6) is -0.665. The normalized spacial score (nSPS) is 14.7. The lowest BCUT2D eigenvalue weighted by atomic mass is 10.3. The van der Waals surface area contributed by atoms with Crippen LogP contribution < -0.4 is 5.32 Å². The predicted molar refractivity (Wildman–Crippen MR) is 61.0 cm³/mol. The minimum atomic E-state index is -1.03. The Kier molecular flexibility index (Phi) is 3.22. The van der Waals surface area contributed by atoms with Gasteiger partial charge in [0.05, 0.1) is 5.56 Å². The number of nitrogens with zero attached hydrogens (tertiary/aromatic N) is 2. The summed E-state index contributed by atoms with van der Waals surface area (Å²) in [6.45, 7) is 1.53. The van der Waals surface area contributed by atoms with Crippen LogP contribution in [-0.2, 0) is 0 Å². The van der Waals surface area contributed by atoms with E-state index in [2.05, 4.69) is 10.3 Å². The molecule has 1 aromatic rings. The molecule has 1 aliphatic heterocycles. The average molecular weight is 235 g/mol. The Morgan fingerprint density at radius 2 is 2.00 bits per heavy atom. The summed E-state index contributed by atoms with van der Waals surface area (Å²) >= 11 is 0. The smallest absolute Gasteiger partial charge is 0.337 e. The number of hydrogen-bond donors (Lipinski definition) is 2. The molecule has 1 fully saturated rings. The van der Waals surface area contributed by atoms with E-state index in [1.165, 1.54) is 18.3 Å². The molecule has 6 heteroatoms. The molecular weight excluding hydrogens is 222 g/mol. The maximum absolute atomic E-state index is 11.7. The van der Waals surface area contributed by atoms with Gasteiger partial charge in [-0.05, 0) is 25.0 Å². The lowest BCUT2D eigenvalue weighted by Crippen LogP contribution is -2.32. The van der Waals surface area contributed by atoms with Crippen molar-refractivity contribution in [1.82, 2.24) is 9.88 Å². The Labute approximate surface area is 98.3 Å². The van der Waals surface area contributed by atoms with E-state index in [1.54, 1.807) is 4.90 Å². The summed E-state index contributed by atoms with van der Waals surface area (Å²) in [6.07, 6.45) is 3.28. The van der Waals surface area contributed by atoms with Crippen molar-refractivity contribution in [3.8, 4) is 0 Å². The number of urea groups is 1. The number of carbonyl (C=O) groups is 2. The number of aromatic carboxylic acids is 1. The second-order valence-electron chi connectivity index (χ2n) is 3.86. The van der Waals surface area contributed by atoms with Gasteiger partial charge in [0, 0.05) is 19.3 Å². The molecule has 0 aromatic carbocycles. The van der Waals surface area contributed by atoms with Gasteiger partial charge in [0.2, 0.25) is 0 Å². The number of hydrogen-bond acceptors (Lipinski definition) is 3. The zero-order chi connectivity index (χ0) is 12.3. The van der Waals surface area contributed by atoms with Crippen molar-refractivity contribution in [3.63, 3.8) is 0 Å². The van der Waals surface area contributed by atoms with Gasteiger partial charge in [-0.1, -0.05) is 0 Å². The minimum absolute atomic E-state index is 0.101. The van der Waals surface area contributed by atoms with Crippen LogP contribution in [0.25, 0.3) is 0 Å². The number of carboxylic acid groups (broad SMARTS) is 1. The fourth-order valence-corrected chi connectivity index (χ4v) is 1.70. The number of nitrogens with one attached hydrogen (secondary N) is 1. The molecule has 1 aromatic heterocycles. The molecule has 0 bridgehead atoms. The molecule has 6 nitrogen and oxygen atoms in total. The quantitative estimate of drug-likeness (QED) is 0.811. The highest BCUT2D eigenvalue weighted by Crippen LogP contribution is 2.11. The first-order valence-corrected chi connectivity index (χ1v) is 5.42. The van der Waals surface area contributed by atoms with Crippen LogP contribution in [0, 0.1) is 0 Å². The van der Waals surface area contributed by atoms with Gasteiger partial charge in [0.25, 0.3) is 0 Å². The third kappa shape index (κ3) is 2.72. The molecule has 0 atom stereocenters. The van der Waals surface area contributed by atoms with Crippen LogP contribution in [0.2, 0.25) is 0 Å². The number of likely N-dealkylation sites (tertiary alicyclic amines) is 1. The topological polar surface area (TPSA) is 82.5 Å². The average Bonchev–Trinajstić information content (AvgIpc) is 2.83. The fraction of sp³-hybridized carbons (Fsp3) is 0.364. The highest BCUT2D eigenvalue weighted by atomic mass is 16.4. The van der Waals surface area contributed by atoms with Crippen molar-refractivity contribution in [1.29, 1.82) is 0 Å². The molecule has 2 rings (SSSR count). The predicted octanol–water partition coefficient (Wildman–Crippen LogP) is 1.41.